The van der Waals surface area contributed by atoms with Gasteiger partial charge in [0.25, 0.3) is 0 Å². The number of amides is 2. The summed E-state index contributed by atoms with van der Waals surface area (Å²) in [5.74, 6) is -0.478. The topological polar surface area (TPSA) is 74.3 Å². The van der Waals surface area contributed by atoms with Gasteiger partial charge < -0.3 is 15.5 Å². The first-order chi connectivity index (χ1) is 14.9. The maximum absolute atomic E-state index is 13.2. The van der Waals surface area contributed by atoms with E-state index < -0.39 is 6.04 Å². The number of halogens is 1. The van der Waals surface area contributed by atoms with Crippen molar-refractivity contribution in [2.75, 3.05) is 17.2 Å². The molecule has 31 heavy (non-hydrogen) atoms. The van der Waals surface area contributed by atoms with Crippen molar-refractivity contribution in [3.63, 3.8) is 0 Å². The lowest BCUT2D eigenvalue weighted by Crippen LogP contribution is -2.48. The minimum absolute atomic E-state index is 0.00847. The number of benzene rings is 2. The van der Waals surface area contributed by atoms with E-state index in [2.05, 4.69) is 15.6 Å². The van der Waals surface area contributed by atoms with E-state index in [0.717, 1.165) is 28.6 Å². The number of hydrogen-bond donors (Lipinski definition) is 2. The van der Waals surface area contributed by atoms with Gasteiger partial charge in [-0.25, -0.2) is 4.39 Å². The predicted octanol–water partition coefficient (Wildman–Crippen LogP) is 4.70. The van der Waals surface area contributed by atoms with Gasteiger partial charge >= 0.3 is 0 Å². The lowest BCUT2D eigenvalue weighted by Gasteiger charge is -2.30. The number of pyridine rings is 1. The number of fused-ring (bicyclic) bond motifs is 1. The van der Waals surface area contributed by atoms with Crippen LogP contribution in [0.1, 0.15) is 26.7 Å². The van der Waals surface area contributed by atoms with Gasteiger partial charge in [0.2, 0.25) is 11.8 Å². The van der Waals surface area contributed by atoms with E-state index >= 15 is 0 Å². The molecular formula is C24H25FN4O2. The zero-order valence-corrected chi connectivity index (χ0v) is 17.6. The molecule has 0 spiro atoms. The van der Waals surface area contributed by atoms with Crippen LogP contribution < -0.4 is 10.6 Å². The van der Waals surface area contributed by atoms with E-state index in [4.69, 9.17) is 0 Å². The number of aromatic nitrogens is 1. The van der Waals surface area contributed by atoms with Crippen LogP contribution in [0.5, 0.6) is 0 Å². The van der Waals surface area contributed by atoms with Crippen LogP contribution in [0.2, 0.25) is 0 Å². The second-order valence-corrected chi connectivity index (χ2v) is 8.08. The van der Waals surface area contributed by atoms with Crippen molar-refractivity contribution < 1.29 is 14.0 Å². The fraction of sp³-hybridized carbons (Fsp3) is 0.292. The van der Waals surface area contributed by atoms with Gasteiger partial charge in [-0.05, 0) is 54.8 Å². The fourth-order valence-corrected chi connectivity index (χ4v) is 4.07. The van der Waals surface area contributed by atoms with Crippen LogP contribution in [-0.4, -0.2) is 34.3 Å². The van der Waals surface area contributed by atoms with Crippen molar-refractivity contribution in [2.24, 2.45) is 5.92 Å². The Hall–Kier alpha value is -3.48. The molecule has 2 aromatic carbocycles. The summed E-state index contributed by atoms with van der Waals surface area (Å²) in [5.41, 5.74) is 2.20. The molecule has 1 saturated heterocycles. The number of nitrogens with zero attached hydrogens (tertiary/aromatic N) is 2. The molecule has 6 nitrogen and oxygen atoms in total. The molecule has 2 amide bonds. The third kappa shape index (κ3) is 4.35. The number of nitrogens with one attached hydrogen (secondary N) is 2. The third-order valence-electron chi connectivity index (χ3n) is 5.55. The monoisotopic (exact) mass is 420 g/mol. The Morgan fingerprint density at radius 1 is 1.06 bits per heavy atom. The van der Waals surface area contributed by atoms with E-state index in [0.29, 0.717) is 18.7 Å². The van der Waals surface area contributed by atoms with Gasteiger partial charge in [0.1, 0.15) is 11.9 Å². The Morgan fingerprint density at radius 2 is 1.81 bits per heavy atom. The molecular weight excluding hydrogens is 395 g/mol. The van der Waals surface area contributed by atoms with E-state index in [1.165, 1.54) is 12.1 Å². The quantitative estimate of drug-likeness (QED) is 0.606. The minimum atomic E-state index is -0.515. The maximum atomic E-state index is 13.2. The van der Waals surface area contributed by atoms with Crippen molar-refractivity contribution >= 4 is 39.6 Å². The van der Waals surface area contributed by atoms with E-state index in [9.17, 15) is 14.0 Å². The van der Waals surface area contributed by atoms with E-state index in [1.807, 2.05) is 32.0 Å². The Balaban J connectivity index is 1.63. The minimum Gasteiger partial charge on any atom is -0.355 e. The first-order valence-electron chi connectivity index (χ1n) is 10.4. The Labute approximate surface area is 180 Å². The smallest absolute Gasteiger partial charge is 0.247 e. The molecule has 1 atom stereocenters. The van der Waals surface area contributed by atoms with Crippen molar-refractivity contribution in [1.82, 2.24) is 9.88 Å². The van der Waals surface area contributed by atoms with Gasteiger partial charge in [-0.3, -0.25) is 14.6 Å². The fourth-order valence-electron chi connectivity index (χ4n) is 4.07. The zero-order chi connectivity index (χ0) is 22.0. The zero-order valence-electron chi connectivity index (χ0n) is 17.6. The van der Waals surface area contributed by atoms with Crippen molar-refractivity contribution in [3.05, 3.63) is 60.7 Å². The molecule has 3 aromatic rings. The normalized spacial score (nSPS) is 14.8. The van der Waals surface area contributed by atoms with E-state index in [-0.39, 0.29) is 23.5 Å². The highest BCUT2D eigenvalue weighted by Gasteiger charge is 2.35. The van der Waals surface area contributed by atoms with Gasteiger partial charge in [-0.1, -0.05) is 13.8 Å². The number of anilines is 3. The Kier molecular flexibility index (Phi) is 5.84. The molecule has 0 unspecified atom stereocenters. The summed E-state index contributed by atoms with van der Waals surface area (Å²) in [7, 11) is 0. The summed E-state index contributed by atoms with van der Waals surface area (Å²) in [6, 6.07) is 11.2. The van der Waals surface area contributed by atoms with Crippen molar-refractivity contribution in [2.45, 2.75) is 32.7 Å². The van der Waals surface area contributed by atoms with Gasteiger partial charge in [0.05, 0.1) is 5.69 Å². The lowest BCUT2D eigenvalue weighted by atomic mass is 10.0. The molecule has 2 N–H and O–H groups in total. The van der Waals surface area contributed by atoms with Gasteiger partial charge in [-0.15, -0.1) is 0 Å². The first kappa shape index (κ1) is 20.8. The molecule has 4 rings (SSSR count). The first-order valence-corrected chi connectivity index (χ1v) is 10.4. The van der Waals surface area contributed by atoms with Crippen LogP contribution in [0.4, 0.5) is 21.5 Å². The summed E-state index contributed by atoms with van der Waals surface area (Å²) in [4.78, 5) is 31.3. The number of carbonyl (C=O) groups excluding carboxylic acids is 2. The number of rotatable bonds is 6. The average molecular weight is 420 g/mol. The average Bonchev–Trinajstić information content (AvgIpc) is 3.16. The predicted molar refractivity (Wildman–Crippen MR) is 120 cm³/mol. The highest BCUT2D eigenvalue weighted by atomic mass is 19.1. The van der Waals surface area contributed by atoms with Crippen LogP contribution in [0.15, 0.2) is 54.9 Å². The van der Waals surface area contributed by atoms with E-state index in [1.54, 1.807) is 29.4 Å². The van der Waals surface area contributed by atoms with Gasteiger partial charge in [0.15, 0.2) is 0 Å². The second kappa shape index (κ2) is 8.71. The Morgan fingerprint density at radius 3 is 2.48 bits per heavy atom. The Bertz CT molecular complexity index is 1110. The molecule has 1 fully saturated rings. The molecule has 1 aliphatic heterocycles. The maximum Gasteiger partial charge on any atom is 0.247 e. The highest BCUT2D eigenvalue weighted by molar-refractivity contribution is 6.08. The van der Waals surface area contributed by atoms with Crippen LogP contribution in [-0.2, 0) is 9.59 Å². The van der Waals surface area contributed by atoms with Crippen LogP contribution in [0.3, 0.4) is 0 Å². The molecule has 0 bridgehead atoms. The molecule has 0 aliphatic carbocycles. The van der Waals surface area contributed by atoms with Crippen LogP contribution >= 0.6 is 0 Å². The second-order valence-electron chi connectivity index (χ2n) is 8.08. The van der Waals surface area contributed by atoms with Gasteiger partial charge in [0, 0.05) is 47.5 Å². The molecule has 160 valence electrons. The van der Waals surface area contributed by atoms with Crippen molar-refractivity contribution in [3.8, 4) is 0 Å². The van der Waals surface area contributed by atoms with Crippen LogP contribution in [0, 0.1) is 11.7 Å². The summed E-state index contributed by atoms with van der Waals surface area (Å²) in [5, 5.41) is 7.95. The molecule has 1 aliphatic rings. The number of carbonyl (C=O) groups is 2. The molecule has 1 aromatic heterocycles. The number of hydrogen-bond acceptors (Lipinski definition) is 4. The third-order valence-corrected chi connectivity index (χ3v) is 5.55. The van der Waals surface area contributed by atoms with Gasteiger partial charge in [-0.2, -0.15) is 0 Å². The summed E-state index contributed by atoms with van der Waals surface area (Å²) < 4.78 is 13.2. The largest absolute Gasteiger partial charge is 0.355 e. The summed E-state index contributed by atoms with van der Waals surface area (Å²) in [6.45, 7) is 4.51. The molecule has 0 saturated carbocycles. The standard InChI is InChI=1S/C24H25FN4O2/c1-15(2)23(29-13-3-4-22(29)30)24(31)28-21-10-9-20(18-11-12-26-14-19(18)21)27-17-7-5-16(25)6-8-17/h5-12,14-15,23,27H,3-4,13H2,1-2H3,(H,28,31)/t23-/m1/s1. The number of likely N-dealkylation sites (tertiary alicyclic amines) is 1. The summed E-state index contributed by atoms with van der Waals surface area (Å²) >= 11 is 0. The van der Waals surface area contributed by atoms with Crippen molar-refractivity contribution in [1.29, 1.82) is 0 Å². The summed E-state index contributed by atoms with van der Waals surface area (Å²) in [6.07, 6.45) is 4.66. The molecule has 7 heteroatoms. The molecule has 2 heterocycles. The molecule has 0 radical (unpaired) electrons. The highest BCUT2D eigenvalue weighted by Crippen LogP contribution is 2.32. The lowest BCUT2D eigenvalue weighted by molar-refractivity contribution is -0.136. The SMILES string of the molecule is CC(C)[C@H](C(=O)Nc1ccc(Nc2ccc(F)cc2)c2ccncc12)N1CCCC1=O. The van der Waals surface area contributed by atoms with Crippen LogP contribution in [0.25, 0.3) is 10.8 Å².